The monoisotopic (exact) mass is 327 g/mol. The highest BCUT2D eigenvalue weighted by atomic mass is 35.5. The van der Waals surface area contributed by atoms with Gasteiger partial charge in [-0.25, -0.2) is 0 Å². The SMILES string of the molecule is C/C(C(=N)c1cc(C)c(C#N)cc1Cl)=C(\OC(F)F)N(C)C. The Morgan fingerprint density at radius 2 is 2.00 bits per heavy atom. The lowest BCUT2D eigenvalue weighted by Gasteiger charge is -2.21. The van der Waals surface area contributed by atoms with Gasteiger partial charge in [-0.3, -0.25) is 5.41 Å². The van der Waals surface area contributed by atoms with E-state index in [1.165, 1.54) is 17.9 Å². The molecule has 1 N–H and O–H groups in total. The van der Waals surface area contributed by atoms with Crippen molar-refractivity contribution >= 4 is 17.3 Å². The lowest BCUT2D eigenvalue weighted by Crippen LogP contribution is -2.21. The molecular formula is C15H16ClF2N3O. The number of aryl methyl sites for hydroxylation is 1. The quantitative estimate of drug-likeness (QED) is 0.658. The first-order chi connectivity index (χ1) is 10.2. The number of nitrogens with zero attached hydrogens (tertiary/aromatic N) is 2. The number of ether oxygens (including phenoxy) is 1. The normalized spacial score (nSPS) is 11.8. The molecule has 0 saturated heterocycles. The van der Waals surface area contributed by atoms with E-state index < -0.39 is 6.61 Å². The molecule has 0 unspecified atom stereocenters. The maximum atomic E-state index is 12.5. The predicted octanol–water partition coefficient (Wildman–Crippen LogP) is 3.92. The van der Waals surface area contributed by atoms with Crippen LogP contribution in [-0.2, 0) is 4.74 Å². The van der Waals surface area contributed by atoms with Gasteiger partial charge in [0, 0.05) is 25.2 Å². The Morgan fingerprint density at radius 1 is 1.41 bits per heavy atom. The standard InChI is InChI=1S/C15H16ClF2N3O/c1-8-5-11(12(16)6-10(8)7-19)13(20)9(2)14(21(3)4)22-15(17)18/h5-6,15,20H,1-4H3/b14-9+,20-13?. The summed E-state index contributed by atoms with van der Waals surface area (Å²) in [6.45, 7) is 0.232. The Morgan fingerprint density at radius 3 is 2.45 bits per heavy atom. The second-order valence-electron chi connectivity index (χ2n) is 4.84. The van der Waals surface area contributed by atoms with Crippen LogP contribution in [0.5, 0.6) is 0 Å². The van der Waals surface area contributed by atoms with Crippen LogP contribution in [-0.4, -0.2) is 31.3 Å². The molecule has 118 valence electrons. The third kappa shape index (κ3) is 3.95. The minimum absolute atomic E-state index is 0.0399. The van der Waals surface area contributed by atoms with Gasteiger partial charge in [0.25, 0.3) is 0 Å². The van der Waals surface area contributed by atoms with E-state index in [1.807, 2.05) is 6.07 Å². The van der Waals surface area contributed by atoms with Crippen molar-refractivity contribution in [1.82, 2.24) is 4.90 Å². The Labute approximate surface area is 133 Å². The number of benzene rings is 1. The van der Waals surface area contributed by atoms with Crippen LogP contribution >= 0.6 is 11.6 Å². The van der Waals surface area contributed by atoms with Crippen LogP contribution in [0.2, 0.25) is 5.02 Å². The highest BCUT2D eigenvalue weighted by Crippen LogP contribution is 2.25. The van der Waals surface area contributed by atoms with Crippen molar-refractivity contribution in [3.63, 3.8) is 0 Å². The number of hydrogen-bond acceptors (Lipinski definition) is 4. The summed E-state index contributed by atoms with van der Waals surface area (Å²) in [4.78, 5) is 1.36. The summed E-state index contributed by atoms with van der Waals surface area (Å²) < 4.78 is 29.5. The molecule has 0 saturated carbocycles. The minimum atomic E-state index is -2.99. The van der Waals surface area contributed by atoms with Gasteiger partial charge in [0.1, 0.15) is 0 Å². The largest absolute Gasteiger partial charge is 0.419 e. The number of alkyl halides is 2. The van der Waals surface area contributed by atoms with E-state index in [0.29, 0.717) is 16.7 Å². The Hall–Kier alpha value is -2.13. The van der Waals surface area contributed by atoms with Gasteiger partial charge in [0.05, 0.1) is 22.4 Å². The summed E-state index contributed by atoms with van der Waals surface area (Å²) in [5, 5.41) is 17.4. The molecular weight excluding hydrogens is 312 g/mol. The van der Waals surface area contributed by atoms with Gasteiger partial charge in [-0.2, -0.15) is 14.0 Å². The van der Waals surface area contributed by atoms with Crippen LogP contribution in [0, 0.1) is 23.7 Å². The van der Waals surface area contributed by atoms with Crippen molar-refractivity contribution in [2.45, 2.75) is 20.5 Å². The molecule has 0 aliphatic heterocycles. The fraction of sp³-hybridized carbons (Fsp3) is 0.333. The van der Waals surface area contributed by atoms with E-state index >= 15 is 0 Å². The van der Waals surface area contributed by atoms with Crippen molar-refractivity contribution in [1.29, 1.82) is 10.7 Å². The van der Waals surface area contributed by atoms with Gasteiger partial charge in [-0.1, -0.05) is 11.6 Å². The zero-order valence-corrected chi connectivity index (χ0v) is 13.4. The van der Waals surface area contributed by atoms with E-state index in [-0.39, 0.29) is 22.2 Å². The number of allylic oxidation sites excluding steroid dienone is 1. The molecule has 0 atom stereocenters. The van der Waals surface area contributed by atoms with E-state index in [0.717, 1.165) is 0 Å². The van der Waals surface area contributed by atoms with E-state index in [9.17, 15) is 8.78 Å². The zero-order valence-electron chi connectivity index (χ0n) is 12.7. The molecule has 0 aromatic heterocycles. The molecule has 1 rings (SSSR count). The van der Waals surface area contributed by atoms with Gasteiger partial charge in [-0.05, 0) is 31.5 Å². The van der Waals surface area contributed by atoms with E-state index in [4.69, 9.17) is 22.3 Å². The second kappa shape index (κ2) is 7.23. The molecule has 1 aromatic rings. The molecule has 0 radical (unpaired) electrons. The molecule has 0 aliphatic rings. The van der Waals surface area contributed by atoms with Crippen LogP contribution in [0.1, 0.15) is 23.6 Å². The Bertz CT molecular complexity index is 663. The van der Waals surface area contributed by atoms with Crippen LogP contribution in [0.3, 0.4) is 0 Å². The fourth-order valence-electron chi connectivity index (χ4n) is 1.92. The van der Waals surface area contributed by atoms with Crippen LogP contribution in [0.4, 0.5) is 8.78 Å². The third-order valence-corrected chi connectivity index (χ3v) is 3.32. The Kier molecular flexibility index (Phi) is 5.89. The average molecular weight is 328 g/mol. The molecule has 0 aliphatic carbocycles. The number of hydrogen-bond donors (Lipinski definition) is 1. The van der Waals surface area contributed by atoms with E-state index in [2.05, 4.69) is 4.74 Å². The summed E-state index contributed by atoms with van der Waals surface area (Å²) in [7, 11) is 3.08. The molecule has 0 spiro atoms. The molecule has 4 nitrogen and oxygen atoms in total. The maximum Gasteiger partial charge on any atom is 0.388 e. The molecule has 7 heteroatoms. The van der Waals surface area contributed by atoms with Gasteiger partial charge >= 0.3 is 6.61 Å². The van der Waals surface area contributed by atoms with Crippen molar-refractivity contribution in [3.05, 3.63) is 45.3 Å². The van der Waals surface area contributed by atoms with Crippen LogP contribution < -0.4 is 0 Å². The maximum absolute atomic E-state index is 12.5. The summed E-state index contributed by atoms with van der Waals surface area (Å²) >= 11 is 6.09. The lowest BCUT2D eigenvalue weighted by molar-refractivity contribution is -0.114. The first-order valence-corrected chi connectivity index (χ1v) is 6.69. The predicted molar refractivity (Wildman–Crippen MR) is 81.2 cm³/mol. The van der Waals surface area contributed by atoms with Gasteiger partial charge < -0.3 is 9.64 Å². The molecule has 0 amide bonds. The first-order valence-electron chi connectivity index (χ1n) is 6.31. The first kappa shape index (κ1) is 17.9. The molecule has 0 heterocycles. The van der Waals surface area contributed by atoms with Crippen molar-refractivity contribution in [2.24, 2.45) is 0 Å². The lowest BCUT2D eigenvalue weighted by atomic mass is 9.99. The third-order valence-electron chi connectivity index (χ3n) is 3.01. The van der Waals surface area contributed by atoms with Crippen molar-refractivity contribution in [2.75, 3.05) is 14.1 Å². The topological polar surface area (TPSA) is 60.1 Å². The van der Waals surface area contributed by atoms with Crippen LogP contribution in [0.15, 0.2) is 23.6 Å². The molecule has 22 heavy (non-hydrogen) atoms. The van der Waals surface area contributed by atoms with Crippen molar-refractivity contribution < 1.29 is 13.5 Å². The highest BCUT2D eigenvalue weighted by molar-refractivity contribution is 6.35. The number of rotatable bonds is 5. The molecule has 1 aromatic carbocycles. The van der Waals surface area contributed by atoms with Crippen molar-refractivity contribution in [3.8, 4) is 6.07 Å². The summed E-state index contributed by atoms with van der Waals surface area (Å²) in [5.41, 5.74) is 1.59. The van der Waals surface area contributed by atoms with Gasteiger partial charge in [-0.15, -0.1) is 0 Å². The summed E-state index contributed by atoms with van der Waals surface area (Å²) in [6, 6.07) is 5.04. The fourth-order valence-corrected chi connectivity index (χ4v) is 2.17. The summed E-state index contributed by atoms with van der Waals surface area (Å²) in [6.07, 6.45) is 0. The smallest absolute Gasteiger partial charge is 0.388 e. The zero-order chi connectivity index (χ0) is 17.0. The average Bonchev–Trinajstić information content (AvgIpc) is 2.44. The highest BCUT2D eigenvalue weighted by Gasteiger charge is 2.19. The minimum Gasteiger partial charge on any atom is -0.419 e. The Balaban J connectivity index is 3.35. The molecule has 0 fully saturated rings. The number of nitriles is 1. The van der Waals surface area contributed by atoms with Gasteiger partial charge in [0.15, 0.2) is 5.88 Å². The summed E-state index contributed by atoms with van der Waals surface area (Å²) in [5.74, 6) is -0.113. The van der Waals surface area contributed by atoms with E-state index in [1.54, 1.807) is 27.1 Å². The molecule has 0 bridgehead atoms. The number of halogens is 3. The van der Waals surface area contributed by atoms with Gasteiger partial charge in [0.2, 0.25) is 0 Å². The second-order valence-corrected chi connectivity index (χ2v) is 5.24. The van der Waals surface area contributed by atoms with Crippen LogP contribution in [0.25, 0.3) is 0 Å². The number of nitrogens with one attached hydrogen (secondary N) is 1.